The van der Waals surface area contributed by atoms with Crippen molar-refractivity contribution in [2.24, 2.45) is 0 Å². The monoisotopic (exact) mass is 446 g/mol. The molecule has 6 nitrogen and oxygen atoms in total. The summed E-state index contributed by atoms with van der Waals surface area (Å²) in [7, 11) is 4.03. The van der Waals surface area contributed by atoms with Crippen LogP contribution in [0.1, 0.15) is 44.3 Å². The van der Waals surface area contributed by atoms with Crippen LogP contribution in [0, 0.1) is 0 Å². The van der Waals surface area contributed by atoms with Gasteiger partial charge in [0.2, 0.25) is 5.91 Å². The van der Waals surface area contributed by atoms with Crippen LogP contribution >= 0.6 is 21.6 Å². The molecule has 4 rings (SSSR count). The molecule has 0 bridgehead atoms. The molecule has 1 atom stereocenters. The van der Waals surface area contributed by atoms with Crippen molar-refractivity contribution < 1.29 is 9.32 Å². The first kappa shape index (κ1) is 21.7. The second-order valence-electron chi connectivity index (χ2n) is 7.97. The van der Waals surface area contributed by atoms with Crippen LogP contribution in [-0.2, 0) is 11.3 Å². The molecule has 0 aliphatic carbocycles. The fourth-order valence-electron chi connectivity index (χ4n) is 3.97. The summed E-state index contributed by atoms with van der Waals surface area (Å²) in [6, 6.07) is 9.84. The number of nitrogens with zero attached hydrogens (tertiary/aromatic N) is 4. The molecule has 0 N–H and O–H groups in total. The predicted octanol–water partition coefficient (Wildman–Crippen LogP) is 4.49. The van der Waals surface area contributed by atoms with Crippen molar-refractivity contribution in [2.75, 3.05) is 31.9 Å². The summed E-state index contributed by atoms with van der Waals surface area (Å²) in [5.41, 5.74) is 0.939. The minimum absolute atomic E-state index is 0.316. The molecule has 1 aromatic carbocycles. The normalized spacial score (nSPS) is 20.4. The molecule has 2 fully saturated rings. The van der Waals surface area contributed by atoms with Gasteiger partial charge in [0.05, 0.1) is 6.54 Å². The van der Waals surface area contributed by atoms with Gasteiger partial charge in [0.25, 0.3) is 5.89 Å². The Morgan fingerprint density at radius 2 is 2.03 bits per heavy atom. The lowest BCUT2D eigenvalue weighted by molar-refractivity contribution is -0.131. The van der Waals surface area contributed by atoms with E-state index in [-0.39, 0.29) is 0 Å². The minimum atomic E-state index is 0.316. The molecule has 2 aliphatic rings. The van der Waals surface area contributed by atoms with Crippen LogP contribution in [0.4, 0.5) is 0 Å². The molecule has 162 valence electrons. The summed E-state index contributed by atoms with van der Waals surface area (Å²) in [5, 5.41) is 4.95. The summed E-state index contributed by atoms with van der Waals surface area (Å²) < 4.78 is 5.42. The van der Waals surface area contributed by atoms with Gasteiger partial charge in [-0.1, -0.05) is 51.4 Å². The number of unbranched alkanes of at least 4 members (excludes halogenated alkanes) is 1. The Balaban J connectivity index is 1.19. The molecule has 2 aliphatic heterocycles. The molecule has 3 heterocycles. The van der Waals surface area contributed by atoms with E-state index in [0.717, 1.165) is 49.8 Å². The van der Waals surface area contributed by atoms with Crippen molar-refractivity contribution in [3.8, 4) is 11.5 Å². The van der Waals surface area contributed by atoms with Gasteiger partial charge >= 0.3 is 0 Å². The fraction of sp³-hybridized carbons (Fsp3) is 0.591. The van der Waals surface area contributed by atoms with Crippen LogP contribution < -0.4 is 0 Å². The van der Waals surface area contributed by atoms with E-state index in [9.17, 15) is 4.79 Å². The maximum absolute atomic E-state index is 12.6. The zero-order valence-corrected chi connectivity index (χ0v) is 19.0. The lowest BCUT2D eigenvalue weighted by Crippen LogP contribution is -2.35. The first-order valence-corrected chi connectivity index (χ1v) is 13.3. The number of hydrogen-bond donors (Lipinski definition) is 0. The maximum atomic E-state index is 12.6. The van der Waals surface area contributed by atoms with Crippen LogP contribution in [0.2, 0.25) is 0 Å². The van der Waals surface area contributed by atoms with Gasteiger partial charge < -0.3 is 9.42 Å². The Hall–Kier alpha value is -1.51. The van der Waals surface area contributed by atoms with Crippen molar-refractivity contribution in [2.45, 2.75) is 50.3 Å². The summed E-state index contributed by atoms with van der Waals surface area (Å²) in [6.07, 6.45) is 6.46. The molecule has 1 aromatic heterocycles. The number of aromatic nitrogens is 2. The Labute approximate surface area is 186 Å². The van der Waals surface area contributed by atoms with E-state index in [1.807, 2.05) is 56.8 Å². The summed E-state index contributed by atoms with van der Waals surface area (Å²) in [4.78, 5) is 21.5. The van der Waals surface area contributed by atoms with E-state index in [1.54, 1.807) is 0 Å². The van der Waals surface area contributed by atoms with Crippen LogP contribution in [0.5, 0.6) is 0 Å². The number of hydrogen-bond acceptors (Lipinski definition) is 7. The Morgan fingerprint density at radius 3 is 2.87 bits per heavy atom. The number of rotatable bonds is 8. The third-order valence-corrected chi connectivity index (χ3v) is 8.70. The van der Waals surface area contributed by atoms with E-state index < -0.39 is 0 Å². The van der Waals surface area contributed by atoms with E-state index in [1.165, 1.54) is 25.0 Å². The van der Waals surface area contributed by atoms with Crippen molar-refractivity contribution in [1.29, 1.82) is 0 Å². The third kappa shape index (κ3) is 6.25. The average Bonchev–Trinajstić information content (AvgIpc) is 3.40. The van der Waals surface area contributed by atoms with Gasteiger partial charge in [-0.15, -0.1) is 0 Å². The van der Waals surface area contributed by atoms with E-state index >= 15 is 0 Å². The molecule has 30 heavy (non-hydrogen) atoms. The Kier molecular flexibility index (Phi) is 8.11. The number of benzene rings is 1. The van der Waals surface area contributed by atoms with Gasteiger partial charge in [-0.05, 0) is 37.8 Å². The SMILES string of the molecule is O=C(CCCCC1CCSS1)N1CCCN(Cc2noc(-c3ccccc3)n2)CC1. The van der Waals surface area contributed by atoms with E-state index in [0.29, 0.717) is 30.6 Å². The standard InChI is InChI=1S/C22H30N4O2S2/c27-21(10-5-4-9-19-11-16-29-30-19)26-13-6-12-25(14-15-26)17-20-23-22(28-24-20)18-7-2-1-3-8-18/h1-3,7-8,19H,4-6,9-17H2. The lowest BCUT2D eigenvalue weighted by Gasteiger charge is -2.21. The highest BCUT2D eigenvalue weighted by Gasteiger charge is 2.21. The van der Waals surface area contributed by atoms with Crippen molar-refractivity contribution >= 4 is 27.5 Å². The minimum Gasteiger partial charge on any atom is -0.341 e. The number of amides is 1. The molecule has 0 radical (unpaired) electrons. The molecule has 0 saturated carbocycles. The summed E-state index contributed by atoms with van der Waals surface area (Å²) in [5.74, 6) is 2.87. The first-order chi connectivity index (χ1) is 14.8. The van der Waals surface area contributed by atoms with Gasteiger partial charge in [-0.2, -0.15) is 4.98 Å². The van der Waals surface area contributed by atoms with Crippen molar-refractivity contribution in [3.05, 3.63) is 36.2 Å². The largest absolute Gasteiger partial charge is 0.341 e. The van der Waals surface area contributed by atoms with Crippen LogP contribution in [0.3, 0.4) is 0 Å². The molecule has 2 saturated heterocycles. The average molecular weight is 447 g/mol. The maximum Gasteiger partial charge on any atom is 0.257 e. The highest BCUT2D eigenvalue weighted by Crippen LogP contribution is 2.39. The van der Waals surface area contributed by atoms with Crippen LogP contribution in [-0.4, -0.2) is 63.0 Å². The molecule has 1 amide bonds. The predicted molar refractivity (Wildman–Crippen MR) is 123 cm³/mol. The first-order valence-electron chi connectivity index (χ1n) is 10.9. The van der Waals surface area contributed by atoms with Crippen molar-refractivity contribution in [3.63, 3.8) is 0 Å². The Morgan fingerprint density at radius 1 is 1.13 bits per heavy atom. The zero-order valence-electron chi connectivity index (χ0n) is 17.4. The molecule has 1 unspecified atom stereocenters. The molecule has 2 aromatic rings. The lowest BCUT2D eigenvalue weighted by atomic mass is 10.1. The van der Waals surface area contributed by atoms with E-state index in [4.69, 9.17) is 4.52 Å². The van der Waals surface area contributed by atoms with Gasteiger partial charge in [0, 0.05) is 49.2 Å². The number of carbonyl (C=O) groups is 1. The zero-order chi connectivity index (χ0) is 20.6. The highest BCUT2D eigenvalue weighted by molar-refractivity contribution is 8.77. The quantitative estimate of drug-likeness (QED) is 0.437. The second kappa shape index (κ2) is 11.2. The smallest absolute Gasteiger partial charge is 0.257 e. The highest BCUT2D eigenvalue weighted by atomic mass is 33.1. The van der Waals surface area contributed by atoms with Gasteiger partial charge in [-0.25, -0.2) is 0 Å². The van der Waals surface area contributed by atoms with Crippen molar-refractivity contribution in [1.82, 2.24) is 19.9 Å². The topological polar surface area (TPSA) is 62.5 Å². The molecule has 0 spiro atoms. The van der Waals surface area contributed by atoms with Gasteiger partial charge in [-0.3, -0.25) is 9.69 Å². The molecule has 8 heteroatoms. The van der Waals surface area contributed by atoms with Gasteiger partial charge in [0.15, 0.2) is 5.82 Å². The Bertz CT molecular complexity index is 795. The fourth-order valence-corrected chi connectivity index (χ4v) is 6.99. The van der Waals surface area contributed by atoms with Crippen LogP contribution in [0.15, 0.2) is 34.9 Å². The summed E-state index contributed by atoms with van der Waals surface area (Å²) in [6.45, 7) is 4.12. The second-order valence-corrected chi connectivity index (χ2v) is 10.8. The van der Waals surface area contributed by atoms with Gasteiger partial charge in [0.1, 0.15) is 0 Å². The van der Waals surface area contributed by atoms with Crippen LogP contribution in [0.25, 0.3) is 11.5 Å². The molecular formula is C22H30N4O2S2. The molecular weight excluding hydrogens is 416 g/mol. The van der Waals surface area contributed by atoms with E-state index in [2.05, 4.69) is 15.0 Å². The number of carbonyl (C=O) groups excluding carboxylic acids is 1. The summed E-state index contributed by atoms with van der Waals surface area (Å²) >= 11 is 0. The third-order valence-electron chi connectivity index (χ3n) is 5.69.